The van der Waals surface area contributed by atoms with Gasteiger partial charge in [0.25, 0.3) is 0 Å². The lowest BCUT2D eigenvalue weighted by Gasteiger charge is -2.33. The molecule has 2 amide bonds. The van der Waals surface area contributed by atoms with Crippen molar-refractivity contribution in [1.29, 1.82) is 0 Å². The molecule has 1 fully saturated rings. The van der Waals surface area contributed by atoms with Crippen molar-refractivity contribution in [2.45, 2.75) is 70.5 Å². The maximum atomic E-state index is 13.4. The first-order valence-corrected chi connectivity index (χ1v) is 11.8. The van der Waals surface area contributed by atoms with Gasteiger partial charge in [-0.05, 0) is 54.7 Å². The number of halogens is 2. The molecule has 1 atom stereocenters. The van der Waals surface area contributed by atoms with Crippen LogP contribution in [-0.2, 0) is 22.6 Å². The van der Waals surface area contributed by atoms with E-state index in [9.17, 15) is 9.59 Å². The molecule has 0 saturated heterocycles. The van der Waals surface area contributed by atoms with Crippen LogP contribution in [0.2, 0.25) is 10.0 Å². The fourth-order valence-corrected chi connectivity index (χ4v) is 4.38. The molecule has 0 aromatic heterocycles. The largest absolute Gasteiger partial charge is 0.352 e. The summed E-state index contributed by atoms with van der Waals surface area (Å²) in [6, 6.07) is 14.4. The average molecular weight is 461 g/mol. The molecule has 0 bridgehead atoms. The van der Waals surface area contributed by atoms with E-state index in [4.69, 9.17) is 23.2 Å². The van der Waals surface area contributed by atoms with Gasteiger partial charge in [-0.15, -0.1) is 0 Å². The summed E-state index contributed by atoms with van der Waals surface area (Å²) in [4.78, 5) is 28.2. The number of benzene rings is 2. The number of carbonyl (C=O) groups is 2. The molecule has 1 saturated carbocycles. The number of hydrogen-bond donors (Lipinski definition) is 1. The number of amides is 2. The molecule has 6 heteroatoms. The van der Waals surface area contributed by atoms with Gasteiger partial charge in [0.2, 0.25) is 11.8 Å². The van der Waals surface area contributed by atoms with Crippen LogP contribution in [0.15, 0.2) is 48.5 Å². The Kier molecular flexibility index (Phi) is 8.79. The van der Waals surface area contributed by atoms with Gasteiger partial charge in [0.1, 0.15) is 6.04 Å². The first-order valence-electron chi connectivity index (χ1n) is 11.0. The summed E-state index contributed by atoms with van der Waals surface area (Å²) in [6.07, 6.45) is 6.32. The predicted molar refractivity (Wildman–Crippen MR) is 126 cm³/mol. The first-order chi connectivity index (χ1) is 15.0. The van der Waals surface area contributed by atoms with Gasteiger partial charge < -0.3 is 10.2 Å². The fraction of sp³-hybridized carbons (Fsp3) is 0.440. The Morgan fingerprint density at radius 3 is 2.03 bits per heavy atom. The second kappa shape index (κ2) is 11.5. The standard InChI is InChI=1S/C25H30Cl2N2O2/c1-2-23(25(31)28-22-6-4-3-5-7-22)29(17-19-10-14-21(27)15-11-19)24(30)16-18-8-12-20(26)13-9-18/h8-15,22-23H,2-7,16-17H2,1H3,(H,28,31)/t23-/m0/s1. The van der Waals surface area contributed by atoms with Gasteiger partial charge in [0, 0.05) is 22.6 Å². The van der Waals surface area contributed by atoms with Crippen molar-refractivity contribution < 1.29 is 9.59 Å². The topological polar surface area (TPSA) is 49.4 Å². The highest BCUT2D eigenvalue weighted by molar-refractivity contribution is 6.30. The lowest BCUT2D eigenvalue weighted by atomic mass is 9.95. The second-order valence-electron chi connectivity index (χ2n) is 8.22. The molecule has 0 unspecified atom stereocenters. The zero-order valence-electron chi connectivity index (χ0n) is 17.9. The van der Waals surface area contributed by atoms with Gasteiger partial charge in [-0.2, -0.15) is 0 Å². The monoisotopic (exact) mass is 460 g/mol. The molecule has 1 N–H and O–H groups in total. The maximum Gasteiger partial charge on any atom is 0.243 e. The van der Waals surface area contributed by atoms with Gasteiger partial charge in [-0.1, -0.05) is 73.7 Å². The second-order valence-corrected chi connectivity index (χ2v) is 9.09. The maximum absolute atomic E-state index is 13.4. The minimum Gasteiger partial charge on any atom is -0.352 e. The molecule has 4 nitrogen and oxygen atoms in total. The molecule has 3 rings (SSSR count). The van der Waals surface area contributed by atoms with Crippen LogP contribution in [0.25, 0.3) is 0 Å². The summed E-state index contributed by atoms with van der Waals surface area (Å²) in [5, 5.41) is 4.48. The summed E-state index contributed by atoms with van der Waals surface area (Å²) in [7, 11) is 0. The van der Waals surface area contributed by atoms with E-state index < -0.39 is 6.04 Å². The van der Waals surface area contributed by atoms with Crippen molar-refractivity contribution >= 4 is 35.0 Å². The molecule has 0 heterocycles. The minimum absolute atomic E-state index is 0.0622. The molecule has 0 radical (unpaired) electrons. The summed E-state index contributed by atoms with van der Waals surface area (Å²) in [5.74, 6) is -0.143. The van der Waals surface area contributed by atoms with Gasteiger partial charge in [0.15, 0.2) is 0 Å². The zero-order chi connectivity index (χ0) is 22.2. The van der Waals surface area contributed by atoms with Crippen molar-refractivity contribution in [2.24, 2.45) is 0 Å². The van der Waals surface area contributed by atoms with E-state index in [2.05, 4.69) is 5.32 Å². The Morgan fingerprint density at radius 1 is 0.935 bits per heavy atom. The van der Waals surface area contributed by atoms with E-state index >= 15 is 0 Å². The van der Waals surface area contributed by atoms with E-state index in [-0.39, 0.29) is 24.3 Å². The van der Waals surface area contributed by atoms with Gasteiger partial charge in [-0.25, -0.2) is 0 Å². The number of nitrogens with one attached hydrogen (secondary N) is 1. The van der Waals surface area contributed by atoms with Gasteiger partial charge in [0.05, 0.1) is 6.42 Å². The molecule has 1 aliphatic rings. The predicted octanol–water partition coefficient (Wildman–Crippen LogP) is 5.79. The van der Waals surface area contributed by atoms with Crippen LogP contribution in [0.3, 0.4) is 0 Å². The molecule has 1 aliphatic carbocycles. The summed E-state index contributed by atoms with van der Waals surface area (Å²) >= 11 is 12.0. The summed E-state index contributed by atoms with van der Waals surface area (Å²) in [6.45, 7) is 2.32. The third-order valence-corrected chi connectivity index (χ3v) is 6.38. The number of rotatable bonds is 8. The lowest BCUT2D eigenvalue weighted by molar-refractivity contribution is -0.141. The van der Waals surface area contributed by atoms with E-state index in [1.807, 2.05) is 43.3 Å². The Balaban J connectivity index is 1.79. The molecule has 0 aliphatic heterocycles. The van der Waals surface area contributed by atoms with Crippen molar-refractivity contribution in [3.8, 4) is 0 Å². The molecular weight excluding hydrogens is 431 g/mol. The van der Waals surface area contributed by atoms with Crippen LogP contribution < -0.4 is 5.32 Å². The summed E-state index contributed by atoms with van der Waals surface area (Å²) in [5.41, 5.74) is 1.82. The highest BCUT2D eigenvalue weighted by Crippen LogP contribution is 2.20. The number of hydrogen-bond acceptors (Lipinski definition) is 2. The Morgan fingerprint density at radius 2 is 1.48 bits per heavy atom. The SMILES string of the molecule is CC[C@@H](C(=O)NC1CCCCC1)N(Cc1ccc(Cl)cc1)C(=O)Cc1ccc(Cl)cc1. The van der Waals surface area contributed by atoms with E-state index in [0.717, 1.165) is 36.8 Å². The number of carbonyl (C=O) groups excluding carboxylic acids is 2. The Bertz CT molecular complexity index is 862. The highest BCUT2D eigenvalue weighted by Gasteiger charge is 2.30. The summed E-state index contributed by atoms with van der Waals surface area (Å²) < 4.78 is 0. The van der Waals surface area contributed by atoms with Crippen LogP contribution in [0, 0.1) is 0 Å². The van der Waals surface area contributed by atoms with Crippen LogP contribution in [0.4, 0.5) is 0 Å². The quantitative estimate of drug-likeness (QED) is 0.541. The average Bonchev–Trinajstić information content (AvgIpc) is 2.77. The Labute approximate surface area is 194 Å². The van der Waals surface area contributed by atoms with Crippen molar-refractivity contribution in [3.63, 3.8) is 0 Å². The Hall–Kier alpha value is -2.04. The molecule has 2 aromatic rings. The first kappa shape index (κ1) is 23.6. The van der Waals surface area contributed by atoms with Crippen LogP contribution in [0.5, 0.6) is 0 Å². The van der Waals surface area contributed by atoms with Crippen LogP contribution in [-0.4, -0.2) is 28.8 Å². The molecule has 166 valence electrons. The third kappa shape index (κ3) is 6.98. The van der Waals surface area contributed by atoms with Crippen LogP contribution >= 0.6 is 23.2 Å². The van der Waals surface area contributed by atoms with Gasteiger partial charge >= 0.3 is 0 Å². The fourth-order valence-electron chi connectivity index (χ4n) is 4.13. The van der Waals surface area contributed by atoms with Crippen molar-refractivity contribution in [2.75, 3.05) is 0 Å². The molecule has 2 aromatic carbocycles. The smallest absolute Gasteiger partial charge is 0.243 e. The van der Waals surface area contributed by atoms with Crippen LogP contribution in [0.1, 0.15) is 56.6 Å². The number of nitrogens with zero attached hydrogens (tertiary/aromatic N) is 1. The molecular formula is C25H30Cl2N2O2. The van der Waals surface area contributed by atoms with E-state index in [0.29, 0.717) is 23.0 Å². The van der Waals surface area contributed by atoms with Crippen molar-refractivity contribution in [3.05, 3.63) is 69.7 Å². The molecule has 0 spiro atoms. The minimum atomic E-state index is -0.516. The normalized spacial score (nSPS) is 15.3. The van der Waals surface area contributed by atoms with E-state index in [1.54, 1.807) is 17.0 Å². The van der Waals surface area contributed by atoms with E-state index in [1.165, 1.54) is 6.42 Å². The third-order valence-electron chi connectivity index (χ3n) is 5.87. The zero-order valence-corrected chi connectivity index (χ0v) is 19.5. The molecule has 31 heavy (non-hydrogen) atoms. The lowest BCUT2D eigenvalue weighted by Crippen LogP contribution is -2.51. The van der Waals surface area contributed by atoms with Crippen molar-refractivity contribution in [1.82, 2.24) is 10.2 Å². The van der Waals surface area contributed by atoms with Gasteiger partial charge in [-0.3, -0.25) is 9.59 Å². The highest BCUT2D eigenvalue weighted by atomic mass is 35.5.